The Morgan fingerprint density at radius 3 is 2.88 bits per heavy atom. The highest BCUT2D eigenvalue weighted by molar-refractivity contribution is 7.22. The van der Waals surface area contributed by atoms with Gasteiger partial charge in [0.2, 0.25) is 0 Å². The lowest BCUT2D eigenvalue weighted by atomic mass is 10.1. The van der Waals surface area contributed by atoms with Gasteiger partial charge in [-0.1, -0.05) is 25.2 Å². The predicted molar refractivity (Wildman–Crippen MR) is 69.2 cm³/mol. The van der Waals surface area contributed by atoms with Gasteiger partial charge >= 0.3 is 0 Å². The molecule has 2 rings (SSSR count). The van der Waals surface area contributed by atoms with Crippen LogP contribution < -0.4 is 10.5 Å². The number of ether oxygens (including phenoxy) is 1. The number of hydrogen-bond acceptors (Lipinski definition) is 4. The average Bonchev–Trinajstić information content (AvgIpc) is 2.65. The van der Waals surface area contributed by atoms with Gasteiger partial charge in [-0.25, -0.2) is 4.98 Å². The number of anilines is 1. The van der Waals surface area contributed by atoms with Crippen LogP contribution in [0.4, 0.5) is 5.13 Å². The Kier molecular flexibility index (Phi) is 3.29. The smallest absolute Gasteiger partial charge is 0.181 e. The van der Waals surface area contributed by atoms with Crippen LogP contribution in [-0.2, 0) is 6.42 Å². The van der Waals surface area contributed by atoms with Gasteiger partial charge in [0.05, 0.1) is 16.8 Å². The molecule has 0 fully saturated rings. The molecule has 3 nitrogen and oxygen atoms in total. The van der Waals surface area contributed by atoms with Crippen molar-refractivity contribution in [2.45, 2.75) is 26.7 Å². The van der Waals surface area contributed by atoms with Gasteiger partial charge in [-0.05, 0) is 30.5 Å². The van der Waals surface area contributed by atoms with Crippen molar-refractivity contribution in [2.24, 2.45) is 0 Å². The zero-order chi connectivity index (χ0) is 11.5. The van der Waals surface area contributed by atoms with Crippen LogP contribution in [0.2, 0.25) is 0 Å². The minimum absolute atomic E-state index is 0.623. The number of nitrogens with two attached hydrogens (primary N) is 1. The first-order chi connectivity index (χ1) is 7.74. The van der Waals surface area contributed by atoms with Crippen molar-refractivity contribution in [3.63, 3.8) is 0 Å². The molecular weight excluding hydrogens is 220 g/mol. The van der Waals surface area contributed by atoms with Crippen LogP contribution in [-0.4, -0.2) is 11.6 Å². The summed E-state index contributed by atoms with van der Waals surface area (Å²) in [4.78, 5) is 4.35. The summed E-state index contributed by atoms with van der Waals surface area (Å²) < 4.78 is 6.77. The van der Waals surface area contributed by atoms with Gasteiger partial charge in [0.15, 0.2) is 5.13 Å². The van der Waals surface area contributed by atoms with Crippen molar-refractivity contribution in [2.75, 3.05) is 12.3 Å². The van der Waals surface area contributed by atoms with Crippen molar-refractivity contribution in [1.29, 1.82) is 0 Å². The second-order valence-electron chi connectivity index (χ2n) is 3.68. The van der Waals surface area contributed by atoms with E-state index >= 15 is 0 Å². The zero-order valence-electron chi connectivity index (χ0n) is 9.62. The number of thiazole rings is 1. The number of nitrogen functional groups attached to an aromatic ring is 1. The second-order valence-corrected chi connectivity index (χ2v) is 4.75. The Morgan fingerprint density at radius 2 is 2.19 bits per heavy atom. The molecule has 0 aliphatic heterocycles. The Labute approximate surface area is 99.3 Å². The molecule has 0 saturated carbocycles. The summed E-state index contributed by atoms with van der Waals surface area (Å²) in [6.07, 6.45) is 1.97. The number of benzene rings is 1. The minimum atomic E-state index is 0.623. The Hall–Kier alpha value is -1.29. The summed E-state index contributed by atoms with van der Waals surface area (Å²) in [6.45, 7) is 4.97. The largest absolute Gasteiger partial charge is 0.494 e. The van der Waals surface area contributed by atoms with E-state index in [0.29, 0.717) is 5.13 Å². The van der Waals surface area contributed by atoms with E-state index in [-0.39, 0.29) is 0 Å². The fourth-order valence-electron chi connectivity index (χ4n) is 1.66. The first kappa shape index (κ1) is 11.2. The Bertz CT molecular complexity index is 493. The highest BCUT2D eigenvalue weighted by atomic mass is 32.1. The van der Waals surface area contributed by atoms with E-state index in [4.69, 9.17) is 10.5 Å². The van der Waals surface area contributed by atoms with E-state index in [9.17, 15) is 0 Å². The van der Waals surface area contributed by atoms with Gasteiger partial charge in [-0.3, -0.25) is 0 Å². The minimum Gasteiger partial charge on any atom is -0.494 e. The molecule has 0 bridgehead atoms. The van der Waals surface area contributed by atoms with Crippen molar-refractivity contribution >= 4 is 26.7 Å². The van der Waals surface area contributed by atoms with E-state index in [1.165, 1.54) is 16.9 Å². The standard InChI is InChI=1S/C12H16N2OS/c1-3-5-15-9-6-8(4-2)11-10(7-9)16-12(13)14-11/h6-7H,3-5H2,1-2H3,(H2,13,14). The summed E-state index contributed by atoms with van der Waals surface area (Å²) in [7, 11) is 0. The highest BCUT2D eigenvalue weighted by Gasteiger charge is 2.08. The molecule has 0 unspecified atom stereocenters. The summed E-state index contributed by atoms with van der Waals surface area (Å²) >= 11 is 1.52. The maximum absolute atomic E-state index is 5.73. The number of aryl methyl sites for hydroxylation is 1. The first-order valence-electron chi connectivity index (χ1n) is 5.56. The maximum atomic E-state index is 5.73. The predicted octanol–water partition coefficient (Wildman–Crippen LogP) is 3.23. The Morgan fingerprint density at radius 1 is 1.38 bits per heavy atom. The number of hydrogen-bond donors (Lipinski definition) is 1. The van der Waals surface area contributed by atoms with Gasteiger partial charge < -0.3 is 10.5 Å². The number of nitrogens with zero attached hydrogens (tertiary/aromatic N) is 1. The summed E-state index contributed by atoms with van der Waals surface area (Å²) in [5, 5.41) is 0.623. The van der Waals surface area contributed by atoms with Gasteiger partial charge in [0, 0.05) is 0 Å². The summed E-state index contributed by atoms with van der Waals surface area (Å²) in [6, 6.07) is 4.09. The molecular formula is C12H16N2OS. The molecule has 1 aromatic carbocycles. The Balaban J connectivity index is 2.45. The van der Waals surface area contributed by atoms with Crippen LogP contribution in [0.5, 0.6) is 5.75 Å². The van der Waals surface area contributed by atoms with Crippen LogP contribution in [0.3, 0.4) is 0 Å². The third-order valence-electron chi connectivity index (χ3n) is 2.42. The third-order valence-corrected chi connectivity index (χ3v) is 3.25. The van der Waals surface area contributed by atoms with E-state index in [0.717, 1.165) is 35.4 Å². The lowest BCUT2D eigenvalue weighted by Crippen LogP contribution is -1.96. The molecule has 0 radical (unpaired) electrons. The fourth-order valence-corrected chi connectivity index (χ4v) is 2.47. The van der Waals surface area contributed by atoms with Crippen LogP contribution in [0.25, 0.3) is 10.2 Å². The quantitative estimate of drug-likeness (QED) is 0.886. The van der Waals surface area contributed by atoms with E-state index in [2.05, 4.69) is 24.9 Å². The van der Waals surface area contributed by atoms with E-state index in [1.54, 1.807) is 0 Å². The monoisotopic (exact) mass is 236 g/mol. The number of rotatable bonds is 4. The maximum Gasteiger partial charge on any atom is 0.181 e. The molecule has 0 saturated heterocycles. The molecule has 4 heteroatoms. The van der Waals surface area contributed by atoms with Crippen molar-refractivity contribution in [1.82, 2.24) is 4.98 Å². The van der Waals surface area contributed by atoms with Crippen LogP contribution in [0.1, 0.15) is 25.8 Å². The lowest BCUT2D eigenvalue weighted by Gasteiger charge is -2.06. The molecule has 0 spiro atoms. The number of aromatic nitrogens is 1. The summed E-state index contributed by atoms with van der Waals surface area (Å²) in [5.74, 6) is 0.926. The molecule has 0 amide bonds. The van der Waals surface area contributed by atoms with Crippen LogP contribution in [0, 0.1) is 0 Å². The zero-order valence-corrected chi connectivity index (χ0v) is 10.4. The summed E-state index contributed by atoms with van der Waals surface area (Å²) in [5.41, 5.74) is 7.96. The second kappa shape index (κ2) is 4.70. The first-order valence-corrected chi connectivity index (χ1v) is 6.38. The molecule has 86 valence electrons. The van der Waals surface area contributed by atoms with E-state index < -0.39 is 0 Å². The topological polar surface area (TPSA) is 48.1 Å². The van der Waals surface area contributed by atoms with Crippen molar-refractivity contribution in [3.05, 3.63) is 17.7 Å². The number of fused-ring (bicyclic) bond motifs is 1. The average molecular weight is 236 g/mol. The van der Waals surface area contributed by atoms with Crippen LogP contribution in [0.15, 0.2) is 12.1 Å². The molecule has 2 aromatic rings. The molecule has 2 N–H and O–H groups in total. The molecule has 1 heterocycles. The van der Waals surface area contributed by atoms with E-state index in [1.807, 2.05) is 6.07 Å². The van der Waals surface area contributed by atoms with Gasteiger partial charge in [0.25, 0.3) is 0 Å². The van der Waals surface area contributed by atoms with Crippen LogP contribution >= 0.6 is 11.3 Å². The van der Waals surface area contributed by atoms with Crippen molar-refractivity contribution in [3.8, 4) is 5.75 Å². The SMILES string of the molecule is CCCOc1cc(CC)c2nc(N)sc2c1. The van der Waals surface area contributed by atoms with Crippen molar-refractivity contribution < 1.29 is 4.74 Å². The third kappa shape index (κ3) is 2.11. The molecule has 0 aliphatic rings. The van der Waals surface area contributed by atoms with Gasteiger partial charge in [-0.15, -0.1) is 0 Å². The highest BCUT2D eigenvalue weighted by Crippen LogP contribution is 2.31. The van der Waals surface area contributed by atoms with Gasteiger partial charge in [0.1, 0.15) is 5.75 Å². The molecule has 16 heavy (non-hydrogen) atoms. The van der Waals surface area contributed by atoms with Gasteiger partial charge in [-0.2, -0.15) is 0 Å². The fraction of sp³-hybridized carbons (Fsp3) is 0.417. The lowest BCUT2D eigenvalue weighted by molar-refractivity contribution is 0.317. The molecule has 1 aromatic heterocycles. The normalized spacial score (nSPS) is 10.9. The molecule has 0 atom stereocenters. The molecule has 0 aliphatic carbocycles.